The topological polar surface area (TPSA) is 44.0 Å². The zero-order chi connectivity index (χ0) is 2.71. The first kappa shape index (κ1) is 8.82. The molecule has 3 heteroatoms. The van der Waals surface area contributed by atoms with E-state index in [1.54, 1.807) is 0 Å². The molecule has 0 saturated carbocycles. The van der Waals surface area contributed by atoms with Crippen molar-refractivity contribution in [2.75, 3.05) is 0 Å². The van der Waals surface area contributed by atoms with Gasteiger partial charge in [-0.25, -0.2) is 0 Å². The van der Waals surface area contributed by atoms with Crippen molar-refractivity contribution in [2.24, 2.45) is 0 Å². The first-order valence-electron chi connectivity index (χ1n) is 0.447. The largest absolute Gasteiger partial charge is 0.443 e. The van der Waals surface area contributed by atoms with E-state index in [1.165, 1.54) is 0 Å². The van der Waals surface area contributed by atoms with Gasteiger partial charge in [-0.05, 0) is 0 Å². The Morgan fingerprint density at radius 1 is 1.75 bits per heavy atom. The first-order chi connectivity index (χ1) is 1.41. The molecule has 0 aliphatic rings. The Bertz CT molecular complexity index is 29.5. The van der Waals surface area contributed by atoms with Crippen LogP contribution in [-0.2, 0) is 0 Å². The van der Waals surface area contributed by atoms with Gasteiger partial charge >= 0.3 is 0 Å². The average Bonchev–Trinajstić information content (AvgIpc) is 0.918. The molecule has 0 unspecified atom stereocenters. The number of aliphatic hydroxyl groups is 1. The smallest absolute Gasteiger partial charge is 0.283 e. The summed E-state index contributed by atoms with van der Waals surface area (Å²) in [5.41, 5.74) is 0. The molecule has 0 saturated heterocycles. The van der Waals surface area contributed by atoms with E-state index in [1.807, 2.05) is 0 Å². The monoisotopic (exact) mass is 83.0 g/mol. The predicted octanol–water partition coefficient (Wildman–Crippen LogP) is -0.160. The van der Waals surface area contributed by atoms with Gasteiger partial charge in [-0.2, -0.15) is 5.26 Å². The van der Waals surface area contributed by atoms with Crippen LogP contribution in [0.3, 0.4) is 0 Å². The number of hydrogen-bond acceptors (Lipinski definition) is 2. The number of rotatable bonds is 0. The standard InChI is InChI=1S/CHNO.Ar/c2-1-3;/h3H;. The van der Waals surface area contributed by atoms with Crippen molar-refractivity contribution < 1.29 is 42.8 Å². The van der Waals surface area contributed by atoms with Crippen LogP contribution in [0.15, 0.2) is 0 Å². The molecule has 0 bridgehead atoms. The minimum Gasteiger partial charge on any atom is -0.443 e. The molecule has 24 valence electrons. The summed E-state index contributed by atoms with van der Waals surface area (Å²) in [4.78, 5) is 0. The van der Waals surface area contributed by atoms with E-state index in [0.717, 1.165) is 6.26 Å². The minimum absolute atomic E-state index is 0. The number of nitrogens with zero attached hydrogens (tertiary/aromatic N) is 1. The fourth-order valence-corrected chi connectivity index (χ4v) is 0. The van der Waals surface area contributed by atoms with E-state index in [9.17, 15) is 0 Å². The molecule has 0 atom stereocenters. The number of hydrogen-bond donors (Lipinski definition) is 1. The third-order valence-corrected chi connectivity index (χ3v) is 0. The number of aliphatic hydroxyl groups excluding tert-OH is 1. The third-order valence-electron chi connectivity index (χ3n) is 0. The van der Waals surface area contributed by atoms with Crippen LogP contribution in [0, 0.1) is 49.3 Å². The molecule has 0 spiro atoms. The van der Waals surface area contributed by atoms with Gasteiger partial charge in [0.1, 0.15) is 0 Å². The molecule has 0 amide bonds. The average molecular weight is 83.0 g/mol. The predicted molar refractivity (Wildman–Crippen MR) is 7.55 cm³/mol. The Morgan fingerprint density at radius 3 is 1.75 bits per heavy atom. The van der Waals surface area contributed by atoms with E-state index in [0.29, 0.717) is 0 Å². The molecule has 0 rings (SSSR count). The molecule has 4 heavy (non-hydrogen) atoms. The summed E-state index contributed by atoms with van der Waals surface area (Å²) in [6.07, 6.45) is 0.750. The van der Waals surface area contributed by atoms with Gasteiger partial charge in [-0.1, -0.05) is 0 Å². The Balaban J connectivity index is 0. The minimum atomic E-state index is 0. The van der Waals surface area contributed by atoms with Gasteiger partial charge in [0.2, 0.25) is 0 Å². The Hall–Kier alpha value is 0.550. The van der Waals surface area contributed by atoms with Crippen LogP contribution in [0.25, 0.3) is 0 Å². The molecule has 0 aromatic heterocycles. The van der Waals surface area contributed by atoms with Crippen molar-refractivity contribution in [2.45, 2.75) is 0 Å². The van der Waals surface area contributed by atoms with Crippen LogP contribution in [-0.4, -0.2) is 5.11 Å². The summed E-state index contributed by atoms with van der Waals surface area (Å²) in [5, 5.41) is 13.8. The van der Waals surface area contributed by atoms with Crippen molar-refractivity contribution >= 4 is 0 Å². The van der Waals surface area contributed by atoms with Gasteiger partial charge in [0.15, 0.2) is 0 Å². The summed E-state index contributed by atoms with van der Waals surface area (Å²) in [6, 6.07) is 0. The fourth-order valence-electron chi connectivity index (χ4n) is 0. The van der Waals surface area contributed by atoms with Crippen molar-refractivity contribution in [1.29, 1.82) is 5.26 Å². The molecule has 0 heterocycles. The molecule has 0 aromatic rings. The van der Waals surface area contributed by atoms with Crippen molar-refractivity contribution in [3.8, 4) is 6.26 Å². The molecular weight excluding hydrogens is 82.0 g/mol. The second kappa shape index (κ2) is 9.61. The van der Waals surface area contributed by atoms with Gasteiger partial charge in [0, 0.05) is 37.7 Å². The van der Waals surface area contributed by atoms with Crippen LogP contribution in [0.1, 0.15) is 0 Å². The summed E-state index contributed by atoms with van der Waals surface area (Å²) in [7, 11) is 0. The van der Waals surface area contributed by atoms with E-state index >= 15 is 0 Å². The second-order valence-electron chi connectivity index (χ2n) is 0.100. The van der Waals surface area contributed by atoms with Gasteiger partial charge in [-0.15, -0.1) is 0 Å². The summed E-state index contributed by atoms with van der Waals surface area (Å²) in [5.74, 6) is 0. The summed E-state index contributed by atoms with van der Waals surface area (Å²) in [6.45, 7) is 0. The van der Waals surface area contributed by atoms with Crippen LogP contribution in [0.2, 0.25) is 0 Å². The fraction of sp³-hybridized carbons (Fsp3) is 0. The Kier molecular flexibility index (Phi) is 21.2. The van der Waals surface area contributed by atoms with E-state index in [4.69, 9.17) is 10.4 Å². The van der Waals surface area contributed by atoms with E-state index in [-0.39, 0.29) is 37.7 Å². The molecular formula is CHArNO. The van der Waals surface area contributed by atoms with Crippen LogP contribution >= 0.6 is 0 Å². The number of nitriles is 1. The summed E-state index contributed by atoms with van der Waals surface area (Å²) >= 11 is 0. The zero-order valence-corrected chi connectivity index (χ0v) is 2.46. The van der Waals surface area contributed by atoms with E-state index < -0.39 is 0 Å². The maximum Gasteiger partial charge on any atom is 0.283 e. The van der Waals surface area contributed by atoms with Gasteiger partial charge < -0.3 is 5.11 Å². The zero-order valence-electron chi connectivity index (χ0n) is 1.75. The Labute approximate surface area is 54.0 Å². The summed E-state index contributed by atoms with van der Waals surface area (Å²) < 4.78 is 0. The molecule has 1 N–H and O–H groups in total. The molecule has 0 aliphatic heterocycles. The van der Waals surface area contributed by atoms with Crippen LogP contribution < -0.4 is 0 Å². The molecule has 2 nitrogen and oxygen atoms in total. The third kappa shape index (κ3) is 20.3. The van der Waals surface area contributed by atoms with Gasteiger partial charge in [-0.3, -0.25) is 0 Å². The maximum absolute atomic E-state index is 6.88. The van der Waals surface area contributed by atoms with Gasteiger partial charge in [0.05, 0.1) is 0 Å². The van der Waals surface area contributed by atoms with Crippen LogP contribution in [0.4, 0.5) is 0 Å². The quantitative estimate of drug-likeness (QED) is 0.413. The second-order valence-corrected chi connectivity index (χ2v) is 0.100. The van der Waals surface area contributed by atoms with Crippen molar-refractivity contribution in [3.63, 3.8) is 0 Å². The van der Waals surface area contributed by atoms with Crippen LogP contribution in [0.5, 0.6) is 0 Å². The maximum atomic E-state index is 6.88. The molecule has 0 aromatic carbocycles. The molecule has 0 aliphatic carbocycles. The van der Waals surface area contributed by atoms with E-state index in [2.05, 4.69) is 0 Å². The van der Waals surface area contributed by atoms with Crippen molar-refractivity contribution in [3.05, 3.63) is 0 Å². The van der Waals surface area contributed by atoms with Gasteiger partial charge in [0.25, 0.3) is 6.26 Å². The van der Waals surface area contributed by atoms with Crippen molar-refractivity contribution in [1.82, 2.24) is 0 Å². The SMILES string of the molecule is N#CO.[Ar]. The first-order valence-corrected chi connectivity index (χ1v) is 0.447. The molecule has 0 fully saturated rings. The Morgan fingerprint density at radius 2 is 1.75 bits per heavy atom. The normalized spacial score (nSPS) is 1.75. The molecule has 0 radical (unpaired) electrons.